The molecule has 2 nitrogen and oxygen atoms in total. The standard InChI is InChI=1S/C13H26N2/c1-12(5-2-3-6-12)15-10-9-13(11-14)7-4-8-13/h15H,2-11,14H2,1H3. The fourth-order valence-electron chi connectivity index (χ4n) is 3.19. The van der Waals surface area contributed by atoms with Crippen molar-refractivity contribution in [3.63, 3.8) is 0 Å². The van der Waals surface area contributed by atoms with E-state index in [2.05, 4.69) is 12.2 Å². The van der Waals surface area contributed by atoms with Crippen molar-refractivity contribution in [2.24, 2.45) is 11.1 Å². The Balaban J connectivity index is 1.69. The number of nitrogens with two attached hydrogens (primary N) is 1. The zero-order chi connectivity index (χ0) is 10.8. The van der Waals surface area contributed by atoms with Crippen molar-refractivity contribution in [3.05, 3.63) is 0 Å². The Morgan fingerprint density at radius 1 is 1.07 bits per heavy atom. The fourth-order valence-corrected chi connectivity index (χ4v) is 3.19. The molecule has 2 aliphatic carbocycles. The van der Waals surface area contributed by atoms with E-state index in [0.717, 1.165) is 6.54 Å². The van der Waals surface area contributed by atoms with Gasteiger partial charge in [0, 0.05) is 5.54 Å². The summed E-state index contributed by atoms with van der Waals surface area (Å²) in [6.45, 7) is 4.45. The Bertz CT molecular complexity index is 195. The second kappa shape index (κ2) is 4.42. The van der Waals surface area contributed by atoms with Crippen LogP contribution in [0.2, 0.25) is 0 Å². The largest absolute Gasteiger partial charge is 0.330 e. The lowest BCUT2D eigenvalue weighted by Gasteiger charge is -2.42. The van der Waals surface area contributed by atoms with Crippen LogP contribution in [-0.2, 0) is 0 Å². The minimum atomic E-state index is 0.444. The third kappa shape index (κ3) is 2.54. The number of rotatable bonds is 5. The van der Waals surface area contributed by atoms with E-state index in [-0.39, 0.29) is 0 Å². The third-order valence-electron chi connectivity index (χ3n) is 4.76. The summed E-state index contributed by atoms with van der Waals surface area (Å²) >= 11 is 0. The summed E-state index contributed by atoms with van der Waals surface area (Å²) in [5.41, 5.74) is 6.83. The van der Waals surface area contributed by atoms with Gasteiger partial charge in [-0.3, -0.25) is 0 Å². The highest BCUT2D eigenvalue weighted by atomic mass is 15.0. The van der Waals surface area contributed by atoms with E-state index < -0.39 is 0 Å². The average molecular weight is 210 g/mol. The molecule has 0 amide bonds. The van der Waals surface area contributed by atoms with Crippen LogP contribution in [0.5, 0.6) is 0 Å². The molecule has 0 atom stereocenters. The maximum atomic E-state index is 5.87. The van der Waals surface area contributed by atoms with Crippen molar-refractivity contribution in [2.75, 3.05) is 13.1 Å². The molecule has 0 aromatic carbocycles. The molecule has 3 N–H and O–H groups in total. The van der Waals surface area contributed by atoms with Crippen LogP contribution in [0.1, 0.15) is 58.3 Å². The predicted octanol–water partition coefficient (Wildman–Crippen LogP) is 2.43. The molecule has 0 radical (unpaired) electrons. The molecule has 15 heavy (non-hydrogen) atoms. The lowest BCUT2D eigenvalue weighted by atomic mass is 9.66. The second-order valence-electron chi connectivity index (χ2n) is 6.00. The van der Waals surface area contributed by atoms with Gasteiger partial charge in [0.1, 0.15) is 0 Å². The van der Waals surface area contributed by atoms with Gasteiger partial charge in [0.15, 0.2) is 0 Å². The third-order valence-corrected chi connectivity index (χ3v) is 4.76. The highest BCUT2D eigenvalue weighted by Gasteiger charge is 2.36. The van der Waals surface area contributed by atoms with Crippen LogP contribution in [0.15, 0.2) is 0 Å². The van der Waals surface area contributed by atoms with E-state index in [9.17, 15) is 0 Å². The Kier molecular flexibility index (Phi) is 3.36. The van der Waals surface area contributed by atoms with E-state index in [4.69, 9.17) is 5.73 Å². The summed E-state index contributed by atoms with van der Waals surface area (Å²) in [6, 6.07) is 0. The molecular formula is C13H26N2. The van der Waals surface area contributed by atoms with Crippen LogP contribution >= 0.6 is 0 Å². The quantitative estimate of drug-likeness (QED) is 0.731. The maximum Gasteiger partial charge on any atom is 0.0153 e. The summed E-state index contributed by atoms with van der Waals surface area (Å²) in [4.78, 5) is 0. The average Bonchev–Trinajstić information content (AvgIpc) is 2.58. The fraction of sp³-hybridized carbons (Fsp3) is 1.00. The molecule has 2 heteroatoms. The molecule has 2 saturated carbocycles. The number of hydrogen-bond acceptors (Lipinski definition) is 2. The first-order valence-corrected chi connectivity index (χ1v) is 6.63. The van der Waals surface area contributed by atoms with Crippen LogP contribution in [0, 0.1) is 5.41 Å². The van der Waals surface area contributed by atoms with E-state index in [0.29, 0.717) is 11.0 Å². The summed E-state index contributed by atoms with van der Waals surface area (Å²) in [5.74, 6) is 0. The molecular weight excluding hydrogens is 184 g/mol. The lowest BCUT2D eigenvalue weighted by molar-refractivity contribution is 0.125. The molecule has 88 valence electrons. The number of nitrogens with one attached hydrogen (secondary N) is 1. The SMILES string of the molecule is CC1(NCCC2(CN)CCC2)CCCC1. The second-order valence-corrected chi connectivity index (χ2v) is 6.00. The highest BCUT2D eigenvalue weighted by Crippen LogP contribution is 2.42. The predicted molar refractivity (Wildman–Crippen MR) is 64.8 cm³/mol. The maximum absolute atomic E-state index is 5.87. The van der Waals surface area contributed by atoms with Gasteiger partial charge in [-0.15, -0.1) is 0 Å². The number of hydrogen-bond donors (Lipinski definition) is 2. The van der Waals surface area contributed by atoms with Gasteiger partial charge in [0.05, 0.1) is 0 Å². The van der Waals surface area contributed by atoms with E-state index in [1.54, 1.807) is 0 Å². The van der Waals surface area contributed by atoms with Crippen LogP contribution in [0.3, 0.4) is 0 Å². The molecule has 0 unspecified atom stereocenters. The molecule has 0 saturated heterocycles. The van der Waals surface area contributed by atoms with Gasteiger partial charge in [-0.05, 0) is 57.5 Å². The Hall–Kier alpha value is -0.0800. The molecule has 0 aliphatic heterocycles. The minimum absolute atomic E-state index is 0.444. The van der Waals surface area contributed by atoms with Crippen LogP contribution in [0.4, 0.5) is 0 Å². The van der Waals surface area contributed by atoms with Crippen molar-refractivity contribution >= 4 is 0 Å². The van der Waals surface area contributed by atoms with Gasteiger partial charge in [-0.2, -0.15) is 0 Å². The molecule has 0 spiro atoms. The van der Waals surface area contributed by atoms with Gasteiger partial charge < -0.3 is 11.1 Å². The zero-order valence-electron chi connectivity index (χ0n) is 10.1. The summed E-state index contributed by atoms with van der Waals surface area (Å²) in [7, 11) is 0. The van der Waals surface area contributed by atoms with Crippen molar-refractivity contribution in [2.45, 2.75) is 63.8 Å². The monoisotopic (exact) mass is 210 g/mol. The molecule has 2 aliphatic rings. The summed E-state index contributed by atoms with van der Waals surface area (Å²) in [5, 5.41) is 3.76. The van der Waals surface area contributed by atoms with Gasteiger partial charge in [-0.1, -0.05) is 19.3 Å². The smallest absolute Gasteiger partial charge is 0.0153 e. The van der Waals surface area contributed by atoms with Crippen LogP contribution in [0.25, 0.3) is 0 Å². The van der Waals surface area contributed by atoms with E-state index >= 15 is 0 Å². The molecule has 2 fully saturated rings. The van der Waals surface area contributed by atoms with E-state index in [1.807, 2.05) is 0 Å². The van der Waals surface area contributed by atoms with Crippen molar-refractivity contribution in [1.29, 1.82) is 0 Å². The molecule has 0 aromatic rings. The summed E-state index contributed by atoms with van der Waals surface area (Å²) < 4.78 is 0. The minimum Gasteiger partial charge on any atom is -0.330 e. The lowest BCUT2D eigenvalue weighted by Crippen LogP contribution is -2.44. The van der Waals surface area contributed by atoms with Crippen molar-refractivity contribution < 1.29 is 0 Å². The van der Waals surface area contributed by atoms with Gasteiger partial charge in [0.2, 0.25) is 0 Å². The van der Waals surface area contributed by atoms with Gasteiger partial charge in [-0.25, -0.2) is 0 Å². The topological polar surface area (TPSA) is 38.0 Å². The first kappa shape index (κ1) is 11.4. The Morgan fingerprint density at radius 3 is 2.20 bits per heavy atom. The molecule has 0 bridgehead atoms. The van der Waals surface area contributed by atoms with Gasteiger partial charge in [0.25, 0.3) is 0 Å². The van der Waals surface area contributed by atoms with Crippen LogP contribution in [-0.4, -0.2) is 18.6 Å². The van der Waals surface area contributed by atoms with Crippen molar-refractivity contribution in [1.82, 2.24) is 5.32 Å². The molecule has 2 rings (SSSR count). The summed E-state index contributed by atoms with van der Waals surface area (Å²) in [6.07, 6.45) is 11.0. The van der Waals surface area contributed by atoms with Crippen molar-refractivity contribution in [3.8, 4) is 0 Å². The zero-order valence-corrected chi connectivity index (χ0v) is 10.1. The van der Waals surface area contributed by atoms with Gasteiger partial charge >= 0.3 is 0 Å². The Labute approximate surface area is 94.0 Å². The normalized spacial score (nSPS) is 27.6. The molecule has 0 heterocycles. The first-order chi connectivity index (χ1) is 7.18. The highest BCUT2D eigenvalue weighted by molar-refractivity contribution is 4.92. The first-order valence-electron chi connectivity index (χ1n) is 6.63. The molecule has 0 aromatic heterocycles. The van der Waals surface area contributed by atoms with Crippen LogP contribution < -0.4 is 11.1 Å². The van der Waals surface area contributed by atoms with E-state index in [1.165, 1.54) is 57.9 Å². The Morgan fingerprint density at radius 2 is 1.73 bits per heavy atom.